The molecule has 0 radical (unpaired) electrons. The minimum Gasteiger partial charge on any atom is -0.480 e. The van der Waals surface area contributed by atoms with Gasteiger partial charge in [-0.15, -0.1) is 0 Å². The molecule has 1 unspecified atom stereocenters. The molecule has 2 aromatic rings. The molecule has 0 saturated heterocycles. The molecule has 0 aliphatic heterocycles. The van der Waals surface area contributed by atoms with Crippen LogP contribution in [0.1, 0.15) is 17.3 Å². The van der Waals surface area contributed by atoms with Crippen LogP contribution in [0, 0.1) is 0 Å². The average molecular weight is 299 g/mol. The zero-order valence-corrected chi connectivity index (χ0v) is 12.1. The maximum absolute atomic E-state index is 12.1. The molecule has 0 aromatic heterocycles. The summed E-state index contributed by atoms with van der Waals surface area (Å²) < 4.78 is 5.53. The Kier molecular flexibility index (Phi) is 4.63. The van der Waals surface area contributed by atoms with Gasteiger partial charge >= 0.3 is 0 Å². The van der Waals surface area contributed by atoms with E-state index < -0.39 is 12.0 Å². The van der Waals surface area contributed by atoms with Crippen molar-refractivity contribution in [2.45, 2.75) is 13.0 Å². The molecule has 0 spiro atoms. The summed E-state index contributed by atoms with van der Waals surface area (Å²) in [7, 11) is 0. The fourth-order valence-corrected chi connectivity index (χ4v) is 1.88. The van der Waals surface area contributed by atoms with Gasteiger partial charge in [0.05, 0.1) is 5.56 Å². The van der Waals surface area contributed by atoms with Gasteiger partial charge in [0.15, 0.2) is 6.10 Å². The summed E-state index contributed by atoms with van der Waals surface area (Å²) in [4.78, 5) is 23.4. The highest BCUT2D eigenvalue weighted by Gasteiger charge is 2.18. The maximum atomic E-state index is 12.1. The van der Waals surface area contributed by atoms with E-state index in [1.165, 1.54) is 0 Å². The van der Waals surface area contributed by atoms with Gasteiger partial charge in [-0.25, -0.2) is 0 Å². The normalized spacial score (nSPS) is 11.5. The minimum absolute atomic E-state index is 0.228. The lowest BCUT2D eigenvalue weighted by atomic mass is 10.2. The van der Waals surface area contributed by atoms with E-state index in [9.17, 15) is 9.59 Å². The van der Waals surface area contributed by atoms with Crippen molar-refractivity contribution in [2.24, 2.45) is 5.73 Å². The molecule has 0 heterocycles. The number of anilines is 2. The fraction of sp³-hybridized carbons (Fsp3) is 0.125. The van der Waals surface area contributed by atoms with E-state index in [0.29, 0.717) is 11.4 Å². The van der Waals surface area contributed by atoms with Crippen molar-refractivity contribution in [1.82, 2.24) is 0 Å². The standard InChI is InChI=1S/C16H17N3O3/c1-10(16(21)19-12-6-4-5-11(17)9-12)22-14-8-3-2-7-13(14)15(18)20/h2-10H,17H2,1H3,(H2,18,20)(H,19,21). The second-order valence-electron chi connectivity index (χ2n) is 4.74. The number of rotatable bonds is 5. The number of para-hydroxylation sites is 1. The molecule has 0 bridgehead atoms. The first kappa shape index (κ1) is 15.4. The quantitative estimate of drug-likeness (QED) is 0.731. The molecule has 114 valence electrons. The van der Waals surface area contributed by atoms with Crippen LogP contribution >= 0.6 is 0 Å². The first-order valence-corrected chi connectivity index (χ1v) is 6.69. The average Bonchev–Trinajstić information content (AvgIpc) is 2.47. The second-order valence-corrected chi connectivity index (χ2v) is 4.74. The van der Waals surface area contributed by atoms with Crippen molar-refractivity contribution >= 4 is 23.2 Å². The Balaban J connectivity index is 2.07. The summed E-state index contributed by atoms with van der Waals surface area (Å²) in [6.07, 6.45) is -0.804. The molecule has 0 fully saturated rings. The Morgan fingerprint density at radius 2 is 1.86 bits per heavy atom. The van der Waals surface area contributed by atoms with E-state index in [1.807, 2.05) is 0 Å². The number of nitrogens with one attached hydrogen (secondary N) is 1. The lowest BCUT2D eigenvalue weighted by Crippen LogP contribution is -2.30. The number of primary amides is 1. The third-order valence-electron chi connectivity index (χ3n) is 2.98. The number of hydrogen-bond donors (Lipinski definition) is 3. The molecule has 6 heteroatoms. The molecular weight excluding hydrogens is 282 g/mol. The Labute approximate surface area is 128 Å². The third-order valence-corrected chi connectivity index (χ3v) is 2.98. The zero-order chi connectivity index (χ0) is 16.1. The van der Waals surface area contributed by atoms with E-state index in [-0.39, 0.29) is 17.2 Å². The van der Waals surface area contributed by atoms with Gasteiger partial charge in [-0.3, -0.25) is 9.59 Å². The number of hydrogen-bond acceptors (Lipinski definition) is 4. The first-order valence-electron chi connectivity index (χ1n) is 6.69. The van der Waals surface area contributed by atoms with Gasteiger partial charge in [0.1, 0.15) is 5.75 Å². The van der Waals surface area contributed by atoms with Gasteiger partial charge in [0, 0.05) is 11.4 Å². The predicted octanol–water partition coefficient (Wildman–Crippen LogP) is 1.77. The Hall–Kier alpha value is -3.02. The van der Waals surface area contributed by atoms with E-state index in [4.69, 9.17) is 16.2 Å². The molecule has 0 aliphatic carbocycles. The number of amides is 2. The fourth-order valence-electron chi connectivity index (χ4n) is 1.88. The van der Waals surface area contributed by atoms with E-state index in [0.717, 1.165) is 0 Å². The Morgan fingerprint density at radius 3 is 2.55 bits per heavy atom. The van der Waals surface area contributed by atoms with Crippen LogP contribution in [-0.2, 0) is 4.79 Å². The van der Waals surface area contributed by atoms with Crippen LogP contribution in [0.25, 0.3) is 0 Å². The minimum atomic E-state index is -0.804. The van der Waals surface area contributed by atoms with Crippen LogP contribution in [0.5, 0.6) is 5.75 Å². The maximum Gasteiger partial charge on any atom is 0.265 e. The van der Waals surface area contributed by atoms with Gasteiger partial charge in [-0.05, 0) is 37.3 Å². The largest absolute Gasteiger partial charge is 0.480 e. The predicted molar refractivity (Wildman–Crippen MR) is 84.5 cm³/mol. The monoisotopic (exact) mass is 299 g/mol. The molecular formula is C16H17N3O3. The Morgan fingerprint density at radius 1 is 1.14 bits per heavy atom. The number of benzene rings is 2. The topological polar surface area (TPSA) is 107 Å². The number of ether oxygens (including phenoxy) is 1. The number of carbonyl (C=O) groups excluding carboxylic acids is 2. The van der Waals surface area contributed by atoms with Crippen molar-refractivity contribution in [3.8, 4) is 5.75 Å². The van der Waals surface area contributed by atoms with Gasteiger partial charge < -0.3 is 21.5 Å². The number of nitrogen functional groups attached to an aromatic ring is 1. The SMILES string of the molecule is CC(Oc1ccccc1C(N)=O)C(=O)Nc1cccc(N)c1. The second kappa shape index (κ2) is 6.62. The van der Waals surface area contributed by atoms with Crippen LogP contribution < -0.4 is 21.5 Å². The lowest BCUT2D eigenvalue weighted by Gasteiger charge is -2.16. The highest BCUT2D eigenvalue weighted by molar-refractivity contribution is 5.97. The molecule has 2 aromatic carbocycles. The summed E-state index contributed by atoms with van der Waals surface area (Å²) in [5.41, 5.74) is 12.3. The smallest absolute Gasteiger partial charge is 0.265 e. The van der Waals surface area contributed by atoms with Gasteiger partial charge in [0.2, 0.25) is 0 Å². The van der Waals surface area contributed by atoms with Gasteiger partial charge in [0.25, 0.3) is 11.8 Å². The summed E-state index contributed by atoms with van der Waals surface area (Å²) in [6, 6.07) is 13.3. The van der Waals surface area contributed by atoms with Crippen molar-refractivity contribution in [2.75, 3.05) is 11.1 Å². The molecule has 0 saturated carbocycles. The van der Waals surface area contributed by atoms with Crippen LogP contribution in [-0.4, -0.2) is 17.9 Å². The van der Waals surface area contributed by atoms with E-state index >= 15 is 0 Å². The Bertz CT molecular complexity index is 701. The van der Waals surface area contributed by atoms with Crippen molar-refractivity contribution in [3.05, 3.63) is 54.1 Å². The summed E-state index contributed by atoms with van der Waals surface area (Å²) in [6.45, 7) is 1.58. The summed E-state index contributed by atoms with van der Waals surface area (Å²) >= 11 is 0. The summed E-state index contributed by atoms with van der Waals surface area (Å²) in [5.74, 6) is -0.700. The first-order chi connectivity index (χ1) is 10.5. The van der Waals surface area contributed by atoms with E-state index in [1.54, 1.807) is 55.5 Å². The van der Waals surface area contributed by atoms with Crippen LogP contribution in [0.4, 0.5) is 11.4 Å². The molecule has 22 heavy (non-hydrogen) atoms. The summed E-state index contributed by atoms with van der Waals surface area (Å²) in [5, 5.41) is 2.69. The van der Waals surface area contributed by atoms with E-state index in [2.05, 4.69) is 5.32 Å². The molecule has 2 amide bonds. The molecule has 1 atom stereocenters. The molecule has 5 N–H and O–H groups in total. The van der Waals surface area contributed by atoms with Crippen molar-refractivity contribution < 1.29 is 14.3 Å². The number of nitrogens with two attached hydrogens (primary N) is 2. The van der Waals surface area contributed by atoms with Crippen molar-refractivity contribution in [3.63, 3.8) is 0 Å². The lowest BCUT2D eigenvalue weighted by molar-refractivity contribution is -0.122. The molecule has 0 aliphatic rings. The van der Waals surface area contributed by atoms with Gasteiger partial charge in [-0.2, -0.15) is 0 Å². The molecule has 2 rings (SSSR count). The highest BCUT2D eigenvalue weighted by Crippen LogP contribution is 2.19. The molecule has 6 nitrogen and oxygen atoms in total. The zero-order valence-electron chi connectivity index (χ0n) is 12.1. The highest BCUT2D eigenvalue weighted by atomic mass is 16.5. The van der Waals surface area contributed by atoms with Crippen LogP contribution in [0.3, 0.4) is 0 Å². The third kappa shape index (κ3) is 3.76. The van der Waals surface area contributed by atoms with Crippen LogP contribution in [0.2, 0.25) is 0 Å². The van der Waals surface area contributed by atoms with Gasteiger partial charge in [-0.1, -0.05) is 18.2 Å². The number of carbonyl (C=O) groups is 2. The van der Waals surface area contributed by atoms with Crippen molar-refractivity contribution in [1.29, 1.82) is 0 Å². The van der Waals surface area contributed by atoms with Crippen LogP contribution in [0.15, 0.2) is 48.5 Å².